The Morgan fingerprint density at radius 2 is 2.28 bits per heavy atom. The van der Waals surface area contributed by atoms with Gasteiger partial charge in [0, 0.05) is 24.2 Å². The third kappa shape index (κ3) is 2.24. The van der Waals surface area contributed by atoms with Crippen molar-refractivity contribution in [3.8, 4) is 11.5 Å². The number of phenols is 1. The maximum absolute atomic E-state index is 13.8. The predicted molar refractivity (Wildman–Crippen MR) is 61.1 cm³/mol. The van der Waals surface area contributed by atoms with Crippen LogP contribution < -0.4 is 10.1 Å². The molecule has 2 unspecified atom stereocenters. The van der Waals surface area contributed by atoms with Gasteiger partial charge in [0.1, 0.15) is 5.75 Å². The second-order valence-corrected chi connectivity index (χ2v) is 4.28. The zero-order valence-corrected chi connectivity index (χ0v) is 9.81. The van der Waals surface area contributed by atoms with E-state index in [1.54, 1.807) is 0 Å². The van der Waals surface area contributed by atoms with Crippen molar-refractivity contribution in [3.63, 3.8) is 0 Å². The highest BCUT2D eigenvalue weighted by atomic mass is 19.1. The van der Waals surface area contributed by atoms with E-state index in [9.17, 15) is 14.3 Å². The van der Waals surface area contributed by atoms with Gasteiger partial charge in [-0.2, -0.15) is 0 Å². The van der Waals surface area contributed by atoms with E-state index < -0.39 is 29.5 Å². The normalized spacial score (nSPS) is 23.0. The second-order valence-electron chi connectivity index (χ2n) is 4.28. The van der Waals surface area contributed by atoms with Crippen LogP contribution in [0.3, 0.4) is 0 Å². The fourth-order valence-electron chi connectivity index (χ4n) is 2.14. The molecule has 0 amide bonds. The average molecular weight is 255 g/mol. The molecule has 1 fully saturated rings. The number of nitrogens with one attached hydrogen (secondary N) is 1. The van der Waals surface area contributed by atoms with E-state index in [-0.39, 0.29) is 12.1 Å². The van der Waals surface area contributed by atoms with E-state index in [4.69, 9.17) is 9.84 Å². The van der Waals surface area contributed by atoms with Gasteiger partial charge in [-0.3, -0.25) is 4.79 Å². The summed E-state index contributed by atoms with van der Waals surface area (Å²) in [6.07, 6.45) is 0.291. The lowest BCUT2D eigenvalue weighted by atomic mass is 9.99. The van der Waals surface area contributed by atoms with Gasteiger partial charge in [0.05, 0.1) is 13.0 Å². The van der Waals surface area contributed by atoms with Crippen molar-refractivity contribution < 1.29 is 24.1 Å². The summed E-state index contributed by atoms with van der Waals surface area (Å²) in [6, 6.07) is 2.23. The number of aromatic hydroxyl groups is 1. The second kappa shape index (κ2) is 4.81. The van der Waals surface area contributed by atoms with Crippen LogP contribution in [-0.2, 0) is 4.79 Å². The number of methoxy groups -OCH3 is 1. The maximum Gasteiger partial charge on any atom is 0.307 e. The van der Waals surface area contributed by atoms with Gasteiger partial charge in [0.25, 0.3) is 0 Å². The van der Waals surface area contributed by atoms with Crippen LogP contribution in [0.25, 0.3) is 0 Å². The van der Waals surface area contributed by atoms with E-state index >= 15 is 0 Å². The number of aliphatic carboxylic acids is 1. The molecule has 1 aliphatic rings. The van der Waals surface area contributed by atoms with Gasteiger partial charge in [0.15, 0.2) is 11.6 Å². The minimum atomic E-state index is -0.905. The molecule has 6 heteroatoms. The molecule has 98 valence electrons. The zero-order chi connectivity index (χ0) is 13.3. The first-order valence-corrected chi connectivity index (χ1v) is 5.55. The molecule has 0 saturated carbocycles. The van der Waals surface area contributed by atoms with Crippen molar-refractivity contribution in [1.29, 1.82) is 0 Å². The fourth-order valence-corrected chi connectivity index (χ4v) is 2.14. The van der Waals surface area contributed by atoms with Crippen molar-refractivity contribution in [2.45, 2.75) is 12.5 Å². The van der Waals surface area contributed by atoms with Crippen LogP contribution in [0.15, 0.2) is 12.1 Å². The van der Waals surface area contributed by atoms with Gasteiger partial charge >= 0.3 is 5.97 Å². The lowest BCUT2D eigenvalue weighted by Gasteiger charge is -2.14. The number of rotatable bonds is 3. The molecule has 2 atom stereocenters. The molecule has 1 saturated heterocycles. The number of carboxylic acids is 1. The summed E-state index contributed by atoms with van der Waals surface area (Å²) < 4.78 is 18.8. The van der Waals surface area contributed by atoms with Crippen LogP contribution in [0.2, 0.25) is 0 Å². The molecule has 2 rings (SSSR count). The molecule has 3 N–H and O–H groups in total. The highest BCUT2D eigenvalue weighted by molar-refractivity contribution is 5.70. The van der Waals surface area contributed by atoms with Crippen molar-refractivity contribution >= 4 is 5.97 Å². The van der Waals surface area contributed by atoms with Gasteiger partial charge in [-0.25, -0.2) is 4.39 Å². The molecule has 1 aromatic rings. The van der Waals surface area contributed by atoms with Crippen LogP contribution in [0.1, 0.15) is 18.0 Å². The minimum Gasteiger partial charge on any atom is -0.505 e. The molecule has 0 aromatic heterocycles. The number of phenolic OH excluding ortho intramolecular Hbond substituents is 1. The molecule has 0 aliphatic carbocycles. The van der Waals surface area contributed by atoms with Crippen LogP contribution in [0, 0.1) is 11.7 Å². The van der Waals surface area contributed by atoms with E-state index in [2.05, 4.69) is 5.32 Å². The Morgan fingerprint density at radius 1 is 1.56 bits per heavy atom. The third-order valence-electron chi connectivity index (χ3n) is 3.15. The molecule has 1 heterocycles. The van der Waals surface area contributed by atoms with Crippen molar-refractivity contribution in [2.75, 3.05) is 13.7 Å². The van der Waals surface area contributed by atoms with E-state index in [1.807, 2.05) is 0 Å². The first-order chi connectivity index (χ1) is 8.52. The van der Waals surface area contributed by atoms with E-state index in [0.29, 0.717) is 12.2 Å². The quantitative estimate of drug-likeness (QED) is 0.758. The highest BCUT2D eigenvalue weighted by Crippen LogP contribution is 2.35. The van der Waals surface area contributed by atoms with Gasteiger partial charge in [-0.1, -0.05) is 0 Å². The summed E-state index contributed by atoms with van der Waals surface area (Å²) >= 11 is 0. The zero-order valence-electron chi connectivity index (χ0n) is 9.81. The Morgan fingerprint density at radius 3 is 2.83 bits per heavy atom. The molecule has 18 heavy (non-hydrogen) atoms. The SMILES string of the molecule is COc1cc(O)c(F)c(C2CC(C(=O)O)CN2)c1. The number of ether oxygens (including phenoxy) is 1. The Balaban J connectivity index is 2.29. The maximum atomic E-state index is 13.8. The smallest absolute Gasteiger partial charge is 0.307 e. The van der Waals surface area contributed by atoms with Gasteiger partial charge in [-0.15, -0.1) is 0 Å². The van der Waals surface area contributed by atoms with Crippen LogP contribution in [0.5, 0.6) is 11.5 Å². The Kier molecular flexibility index (Phi) is 3.38. The largest absolute Gasteiger partial charge is 0.505 e. The van der Waals surface area contributed by atoms with Crippen LogP contribution in [-0.4, -0.2) is 29.8 Å². The van der Waals surface area contributed by atoms with Crippen LogP contribution >= 0.6 is 0 Å². The van der Waals surface area contributed by atoms with Crippen molar-refractivity contribution in [1.82, 2.24) is 5.32 Å². The van der Waals surface area contributed by atoms with E-state index in [0.717, 1.165) is 0 Å². The number of hydrogen-bond donors (Lipinski definition) is 3. The Labute approximate surface area is 103 Å². The summed E-state index contributed by atoms with van der Waals surface area (Å²) in [4.78, 5) is 10.8. The topological polar surface area (TPSA) is 78.8 Å². The lowest BCUT2D eigenvalue weighted by molar-refractivity contribution is -0.141. The van der Waals surface area contributed by atoms with Crippen molar-refractivity contribution in [2.24, 2.45) is 5.92 Å². The molecule has 1 aliphatic heterocycles. The third-order valence-corrected chi connectivity index (χ3v) is 3.15. The molecular formula is C12H14FNO4. The number of benzene rings is 1. The van der Waals surface area contributed by atoms with Crippen LogP contribution in [0.4, 0.5) is 4.39 Å². The summed E-state index contributed by atoms with van der Waals surface area (Å²) in [5.41, 5.74) is 0.232. The number of carbonyl (C=O) groups is 1. The van der Waals surface area contributed by atoms with Gasteiger partial charge in [-0.05, 0) is 12.5 Å². The first kappa shape index (κ1) is 12.6. The minimum absolute atomic E-state index is 0.232. The average Bonchev–Trinajstić information content (AvgIpc) is 2.82. The summed E-state index contributed by atoms with van der Waals surface area (Å²) in [6.45, 7) is 0.289. The van der Waals surface area contributed by atoms with E-state index in [1.165, 1.54) is 19.2 Å². The molecule has 0 spiro atoms. The molecule has 1 aromatic carbocycles. The fraction of sp³-hybridized carbons (Fsp3) is 0.417. The molecule has 0 radical (unpaired) electrons. The Bertz CT molecular complexity index is 477. The summed E-state index contributed by atoms with van der Waals surface area (Å²) in [5.74, 6) is -2.34. The summed E-state index contributed by atoms with van der Waals surface area (Å²) in [5, 5.41) is 21.3. The number of hydrogen-bond acceptors (Lipinski definition) is 4. The van der Waals surface area contributed by atoms with Gasteiger partial charge < -0.3 is 20.3 Å². The molecular weight excluding hydrogens is 241 g/mol. The lowest BCUT2D eigenvalue weighted by Crippen LogP contribution is -2.17. The Hall–Kier alpha value is -1.82. The monoisotopic (exact) mass is 255 g/mol. The number of halogens is 1. The highest BCUT2D eigenvalue weighted by Gasteiger charge is 2.32. The molecule has 5 nitrogen and oxygen atoms in total. The van der Waals surface area contributed by atoms with Gasteiger partial charge in [0.2, 0.25) is 0 Å². The van der Waals surface area contributed by atoms with Crippen molar-refractivity contribution in [3.05, 3.63) is 23.5 Å². The summed E-state index contributed by atoms with van der Waals surface area (Å²) in [7, 11) is 1.42. The first-order valence-electron chi connectivity index (χ1n) is 5.55. The standard InChI is InChI=1S/C12H14FNO4/c1-18-7-3-8(11(13)10(15)4-7)9-2-6(5-14-9)12(16)17/h3-4,6,9,14-15H,2,5H2,1H3,(H,16,17). The predicted octanol–water partition coefficient (Wildman–Crippen LogP) is 1.28. The number of carboxylic acid groups (broad SMARTS) is 1. The molecule has 0 bridgehead atoms.